The number of carbonyl (C=O) groups is 1. The number of unbranched alkanes of at least 4 members (excludes halogenated alkanes) is 6. The molecule has 1 aromatic heterocycles. The number of hydrogen-bond donors (Lipinski definition) is 0. The van der Waals surface area contributed by atoms with Gasteiger partial charge in [-0.25, -0.2) is 9.97 Å². The van der Waals surface area contributed by atoms with Gasteiger partial charge in [-0.2, -0.15) is 0 Å². The summed E-state index contributed by atoms with van der Waals surface area (Å²) in [5, 5.41) is 0.168. The van der Waals surface area contributed by atoms with Crippen LogP contribution in [-0.2, 0) is 4.79 Å². The third-order valence-electron chi connectivity index (χ3n) is 4.82. The standard InChI is InChI=1S/C24H33ClN2O2S/c1-4-5-6-7-8-9-10-15-30-24-26-16-20(17-27-24)19-11-13-21(14-12-19)29-23(28)22(25)18(2)3/h11-14,16-18,22H,4-10,15H2,1-3H3/t22-/m0/s1. The van der Waals surface area contributed by atoms with Crippen LogP contribution in [0.3, 0.4) is 0 Å². The predicted molar refractivity (Wildman–Crippen MR) is 126 cm³/mol. The number of aromatic nitrogens is 2. The van der Waals surface area contributed by atoms with Crippen LogP contribution in [0.15, 0.2) is 41.8 Å². The average Bonchev–Trinajstić information content (AvgIpc) is 2.76. The Balaban J connectivity index is 1.77. The molecule has 0 saturated carbocycles. The van der Waals surface area contributed by atoms with Gasteiger partial charge in [0, 0.05) is 23.7 Å². The molecule has 0 spiro atoms. The Morgan fingerprint density at radius 3 is 2.17 bits per heavy atom. The fourth-order valence-corrected chi connectivity index (χ4v) is 3.75. The first kappa shape index (κ1) is 24.7. The number of hydrogen-bond acceptors (Lipinski definition) is 5. The van der Waals surface area contributed by atoms with Crippen molar-refractivity contribution in [1.82, 2.24) is 9.97 Å². The Morgan fingerprint density at radius 1 is 0.967 bits per heavy atom. The van der Waals surface area contributed by atoms with Gasteiger partial charge in [-0.05, 0) is 30.0 Å². The summed E-state index contributed by atoms with van der Waals surface area (Å²) in [5.74, 6) is 1.14. The molecule has 6 heteroatoms. The second kappa shape index (κ2) is 13.7. The van der Waals surface area contributed by atoms with E-state index < -0.39 is 11.3 Å². The molecule has 0 radical (unpaired) electrons. The van der Waals surface area contributed by atoms with Crippen LogP contribution in [0.2, 0.25) is 0 Å². The quantitative estimate of drug-likeness (QED) is 0.0812. The molecule has 164 valence electrons. The number of thioether (sulfide) groups is 1. The molecule has 0 aliphatic heterocycles. The average molecular weight is 449 g/mol. The van der Waals surface area contributed by atoms with Gasteiger partial charge in [0.15, 0.2) is 5.16 Å². The van der Waals surface area contributed by atoms with Crippen LogP contribution in [0, 0.1) is 5.92 Å². The molecule has 30 heavy (non-hydrogen) atoms. The molecule has 0 amide bonds. The molecule has 0 aliphatic carbocycles. The van der Waals surface area contributed by atoms with Crippen LogP contribution in [0.5, 0.6) is 5.75 Å². The van der Waals surface area contributed by atoms with Gasteiger partial charge in [0.05, 0.1) is 0 Å². The number of carbonyl (C=O) groups excluding carboxylic acids is 1. The van der Waals surface area contributed by atoms with Gasteiger partial charge >= 0.3 is 5.97 Å². The first-order valence-corrected chi connectivity index (χ1v) is 12.3. The van der Waals surface area contributed by atoms with Crippen molar-refractivity contribution in [3.05, 3.63) is 36.7 Å². The summed E-state index contributed by atoms with van der Waals surface area (Å²) >= 11 is 7.76. The van der Waals surface area contributed by atoms with E-state index in [1.165, 1.54) is 44.9 Å². The van der Waals surface area contributed by atoms with Gasteiger partial charge in [-0.15, -0.1) is 11.6 Å². The number of nitrogens with zero attached hydrogens (tertiary/aromatic N) is 2. The summed E-state index contributed by atoms with van der Waals surface area (Å²) in [6.45, 7) is 6.02. The van der Waals surface area contributed by atoms with Crippen LogP contribution >= 0.6 is 23.4 Å². The Kier molecular flexibility index (Phi) is 11.2. The molecule has 0 unspecified atom stereocenters. The van der Waals surface area contributed by atoms with Gasteiger partial charge in [0.25, 0.3) is 0 Å². The predicted octanol–water partition coefficient (Wildman–Crippen LogP) is 7.16. The third-order valence-corrected chi connectivity index (χ3v) is 6.47. The van der Waals surface area contributed by atoms with Crippen LogP contribution in [0.4, 0.5) is 0 Å². The van der Waals surface area contributed by atoms with Crippen molar-refractivity contribution in [2.75, 3.05) is 5.75 Å². The Hall–Kier alpha value is -1.59. The lowest BCUT2D eigenvalue weighted by molar-refractivity contribution is -0.134. The lowest BCUT2D eigenvalue weighted by atomic mass is 10.1. The smallest absolute Gasteiger partial charge is 0.329 e. The second-order valence-electron chi connectivity index (χ2n) is 7.82. The van der Waals surface area contributed by atoms with E-state index in [4.69, 9.17) is 16.3 Å². The molecule has 4 nitrogen and oxygen atoms in total. The van der Waals surface area contributed by atoms with Crippen molar-refractivity contribution in [1.29, 1.82) is 0 Å². The van der Waals surface area contributed by atoms with Gasteiger partial charge in [-0.1, -0.05) is 83.2 Å². The van der Waals surface area contributed by atoms with Gasteiger partial charge in [-0.3, -0.25) is 4.79 Å². The van der Waals surface area contributed by atoms with Crippen molar-refractivity contribution >= 4 is 29.3 Å². The first-order valence-electron chi connectivity index (χ1n) is 10.9. The highest BCUT2D eigenvalue weighted by molar-refractivity contribution is 7.99. The highest BCUT2D eigenvalue weighted by atomic mass is 35.5. The van der Waals surface area contributed by atoms with Gasteiger partial charge < -0.3 is 4.74 Å². The number of ether oxygens (including phenoxy) is 1. The molecule has 1 atom stereocenters. The number of rotatable bonds is 13. The van der Waals surface area contributed by atoms with E-state index in [0.717, 1.165) is 22.0 Å². The largest absolute Gasteiger partial charge is 0.425 e. The summed E-state index contributed by atoms with van der Waals surface area (Å²) in [5.41, 5.74) is 1.91. The number of alkyl halides is 1. The van der Waals surface area contributed by atoms with Crippen molar-refractivity contribution in [3.8, 4) is 16.9 Å². The molecule has 2 rings (SSSR count). The van der Waals surface area contributed by atoms with E-state index in [0.29, 0.717) is 5.75 Å². The molecular formula is C24H33ClN2O2S. The summed E-state index contributed by atoms with van der Waals surface area (Å²) in [6.07, 6.45) is 12.9. The fraction of sp³-hybridized carbons (Fsp3) is 0.542. The number of halogens is 1. The lowest BCUT2D eigenvalue weighted by Crippen LogP contribution is -2.25. The Morgan fingerprint density at radius 2 is 1.57 bits per heavy atom. The highest BCUT2D eigenvalue weighted by Gasteiger charge is 2.21. The number of esters is 1. The zero-order valence-corrected chi connectivity index (χ0v) is 19.8. The van der Waals surface area contributed by atoms with E-state index in [-0.39, 0.29) is 5.92 Å². The molecule has 0 fully saturated rings. The SMILES string of the molecule is CCCCCCCCCSc1ncc(-c2ccc(OC(=O)[C@@H](Cl)C(C)C)cc2)cn1. The van der Waals surface area contributed by atoms with E-state index in [2.05, 4.69) is 16.9 Å². The highest BCUT2D eigenvalue weighted by Crippen LogP contribution is 2.24. The number of benzene rings is 1. The molecule has 1 heterocycles. The van der Waals surface area contributed by atoms with Crippen LogP contribution in [0.1, 0.15) is 65.7 Å². The minimum absolute atomic E-state index is 0.0257. The summed E-state index contributed by atoms with van der Waals surface area (Å²) in [4.78, 5) is 20.9. The maximum atomic E-state index is 12.0. The van der Waals surface area contributed by atoms with E-state index in [1.54, 1.807) is 23.9 Å². The second-order valence-corrected chi connectivity index (χ2v) is 9.35. The molecule has 0 saturated heterocycles. The monoisotopic (exact) mass is 448 g/mol. The van der Waals surface area contributed by atoms with E-state index in [1.807, 2.05) is 38.4 Å². The van der Waals surface area contributed by atoms with Crippen LogP contribution in [-0.4, -0.2) is 27.1 Å². The van der Waals surface area contributed by atoms with Crippen LogP contribution in [0.25, 0.3) is 11.1 Å². The first-order chi connectivity index (χ1) is 14.5. The van der Waals surface area contributed by atoms with Crippen LogP contribution < -0.4 is 4.74 Å². The maximum Gasteiger partial charge on any atom is 0.329 e. The minimum Gasteiger partial charge on any atom is -0.425 e. The lowest BCUT2D eigenvalue weighted by Gasteiger charge is -2.12. The van der Waals surface area contributed by atoms with Crippen molar-refractivity contribution < 1.29 is 9.53 Å². The fourth-order valence-electron chi connectivity index (χ4n) is 2.92. The zero-order chi connectivity index (χ0) is 21.8. The topological polar surface area (TPSA) is 52.1 Å². The molecule has 0 bridgehead atoms. The molecular weight excluding hydrogens is 416 g/mol. The minimum atomic E-state index is -0.649. The molecule has 0 aliphatic rings. The van der Waals surface area contributed by atoms with E-state index >= 15 is 0 Å². The van der Waals surface area contributed by atoms with Gasteiger partial charge in [0.2, 0.25) is 0 Å². The molecule has 2 aromatic rings. The maximum absolute atomic E-state index is 12.0. The van der Waals surface area contributed by atoms with Gasteiger partial charge in [0.1, 0.15) is 11.1 Å². The Bertz CT molecular complexity index is 751. The summed E-state index contributed by atoms with van der Waals surface area (Å²) < 4.78 is 5.33. The molecule has 0 N–H and O–H groups in total. The Labute approximate surface area is 190 Å². The zero-order valence-electron chi connectivity index (χ0n) is 18.3. The normalized spacial score (nSPS) is 12.2. The van der Waals surface area contributed by atoms with E-state index in [9.17, 15) is 4.79 Å². The van der Waals surface area contributed by atoms with Crippen molar-refractivity contribution in [3.63, 3.8) is 0 Å². The van der Waals surface area contributed by atoms with Crippen molar-refractivity contribution in [2.24, 2.45) is 5.92 Å². The summed E-state index contributed by atoms with van der Waals surface area (Å²) in [6, 6.07) is 7.32. The third kappa shape index (κ3) is 8.65. The summed E-state index contributed by atoms with van der Waals surface area (Å²) in [7, 11) is 0. The van der Waals surface area contributed by atoms with Crippen molar-refractivity contribution in [2.45, 2.75) is 76.3 Å². The molecule has 1 aromatic carbocycles.